The average Bonchev–Trinajstić information content (AvgIpc) is 1.62. The summed E-state index contributed by atoms with van der Waals surface area (Å²) >= 11 is 9.26. The standard InChI is InChI=1S/C18H12F3N3S.C15H19BO2.C12H24B2O4.C10H6BrF3N2S.C9H7Br.3CH4/c19-18(20,21)13-2-1-3-14(9-13)23-17-24-16(10-25-17)11-4-5-15-12(8-11)6-7-22-15;1-14(2)15(3,4)18-16(17-14)13-9-8-11-6-5-7-12(11)10-13;1-9(2)10(3,4)16-13(15-9)14-17-11(5,6)12(7,8)18-14;11-8-5-17-9(16-8)15-7-3-1-2-6(4-7)10(12,13)14;10-9-5-4-7-2-1-3-8(7)6-9;;;/h1-10,22H,(H,23,24);5,7-10H,6H2,1-4H3;1-8H3;1-5H,(H,15,16);1,3-6H,2H2;3*1H4. The maximum Gasteiger partial charge on any atom is 0.494 e. The minimum absolute atomic E-state index is 0. The van der Waals surface area contributed by atoms with Crippen LogP contribution in [0.15, 0.2) is 147 Å². The minimum Gasteiger partial charge on any atom is -0.405 e. The molecule has 3 saturated heterocycles. The van der Waals surface area contributed by atoms with Crippen LogP contribution in [0.1, 0.15) is 139 Å². The number of aromatic nitrogens is 3. The number of allylic oxidation sites excluding steroid dienone is 2. The topological polar surface area (TPSA) is 121 Å². The number of hydrogen-bond donors (Lipinski definition) is 3. The first-order chi connectivity index (χ1) is 41.1. The highest BCUT2D eigenvalue weighted by atomic mass is 79.9. The Labute approximate surface area is 558 Å². The van der Waals surface area contributed by atoms with Crippen LogP contribution in [-0.2, 0) is 53.1 Å². The summed E-state index contributed by atoms with van der Waals surface area (Å²) in [4.78, 5) is 11.6. The van der Waals surface area contributed by atoms with Gasteiger partial charge in [-0.05, 0) is 206 Å². The Bertz CT molecular complexity index is 3750. The van der Waals surface area contributed by atoms with Crippen LogP contribution < -0.4 is 16.1 Å². The Balaban J connectivity index is 0.000000183. The Morgan fingerprint density at radius 3 is 1.46 bits per heavy atom. The van der Waals surface area contributed by atoms with E-state index in [1.54, 1.807) is 17.5 Å². The fourth-order valence-corrected chi connectivity index (χ4v) is 11.7. The fourth-order valence-electron chi connectivity index (χ4n) is 9.39. The van der Waals surface area contributed by atoms with E-state index in [9.17, 15) is 26.3 Å². The maximum atomic E-state index is 12.8. The molecule has 0 bridgehead atoms. The number of aromatic amines is 1. The number of thiazole rings is 2. The summed E-state index contributed by atoms with van der Waals surface area (Å²) in [6.45, 7) is 24.5. The lowest BCUT2D eigenvalue weighted by atomic mass is 9.49. The molecule has 5 aliphatic rings. The summed E-state index contributed by atoms with van der Waals surface area (Å²) in [5.41, 5.74) is 6.73. The summed E-state index contributed by atoms with van der Waals surface area (Å²) < 4.78 is 114. The van der Waals surface area contributed by atoms with Crippen molar-refractivity contribution in [1.29, 1.82) is 0 Å². The first kappa shape index (κ1) is 74.5. The summed E-state index contributed by atoms with van der Waals surface area (Å²) in [7, 11) is -1.21. The Morgan fingerprint density at radius 1 is 0.516 bits per heavy atom. The molecule has 24 heteroatoms. The van der Waals surface area contributed by atoms with Crippen LogP contribution in [0.4, 0.5) is 48.0 Å². The smallest absolute Gasteiger partial charge is 0.405 e. The predicted molar refractivity (Wildman–Crippen MR) is 373 cm³/mol. The van der Waals surface area contributed by atoms with Crippen LogP contribution in [0, 0.1) is 0 Å². The van der Waals surface area contributed by atoms with Gasteiger partial charge in [0.15, 0.2) is 10.3 Å². The zero-order valence-corrected chi connectivity index (χ0v) is 55.6. The van der Waals surface area contributed by atoms with Crippen LogP contribution in [0.3, 0.4) is 0 Å². The molecule has 3 aromatic heterocycles. The van der Waals surface area contributed by atoms with E-state index in [-0.39, 0.29) is 63.0 Å². The lowest BCUT2D eigenvalue weighted by Gasteiger charge is -2.32. The first-order valence-electron chi connectivity index (χ1n) is 28.4. The fraction of sp³-hybridized carbons (Fsp3) is 0.373. The van der Waals surface area contributed by atoms with E-state index < -0.39 is 37.5 Å². The number of alkyl halides is 6. The van der Waals surface area contributed by atoms with Crippen LogP contribution in [0.5, 0.6) is 0 Å². The number of hydrogen-bond acceptors (Lipinski definition) is 12. The zero-order chi connectivity index (χ0) is 63.8. The monoisotopic (exact) mass is 1420 g/mol. The van der Waals surface area contributed by atoms with Gasteiger partial charge in [-0.2, -0.15) is 26.3 Å². The molecule has 6 heterocycles. The van der Waals surface area contributed by atoms with Gasteiger partial charge >= 0.3 is 33.5 Å². The maximum absolute atomic E-state index is 12.8. The molecule has 3 N–H and O–H groups in total. The first-order valence-corrected chi connectivity index (χ1v) is 31.8. The van der Waals surface area contributed by atoms with Crippen molar-refractivity contribution >= 4 is 126 Å². The van der Waals surface area contributed by atoms with Crippen molar-refractivity contribution in [3.05, 3.63) is 181 Å². The number of nitrogens with one attached hydrogen (secondary N) is 3. The summed E-state index contributed by atoms with van der Waals surface area (Å²) in [5, 5.41) is 11.5. The molecule has 5 aromatic carbocycles. The van der Waals surface area contributed by atoms with Crippen LogP contribution in [0.2, 0.25) is 0 Å². The van der Waals surface area contributed by atoms with Gasteiger partial charge in [0, 0.05) is 49.3 Å². The van der Waals surface area contributed by atoms with E-state index in [0.29, 0.717) is 26.2 Å². The van der Waals surface area contributed by atoms with E-state index in [0.717, 1.165) is 69.2 Å². The number of H-pyrrole nitrogens is 1. The molecule has 0 unspecified atom stereocenters. The van der Waals surface area contributed by atoms with Crippen molar-refractivity contribution in [3.63, 3.8) is 0 Å². The van der Waals surface area contributed by atoms with Crippen LogP contribution in [-0.4, -0.2) is 69.7 Å². The molecule has 0 atom stereocenters. The molecule has 11 nitrogen and oxygen atoms in total. The third kappa shape index (κ3) is 18.0. The van der Waals surface area contributed by atoms with E-state index in [1.807, 2.05) is 91.2 Å². The molecule has 3 aliphatic heterocycles. The van der Waals surface area contributed by atoms with Crippen molar-refractivity contribution in [1.82, 2.24) is 15.0 Å². The molecular weight excluding hydrogens is 1340 g/mol. The van der Waals surface area contributed by atoms with E-state index in [2.05, 4.69) is 146 Å². The van der Waals surface area contributed by atoms with Gasteiger partial charge in [-0.1, -0.05) is 105 Å². The van der Waals surface area contributed by atoms with Gasteiger partial charge in [-0.25, -0.2) is 9.97 Å². The number of rotatable bonds is 7. The Morgan fingerprint density at radius 2 is 0.978 bits per heavy atom. The highest BCUT2D eigenvalue weighted by Crippen LogP contribution is 2.44. The van der Waals surface area contributed by atoms with Crippen LogP contribution in [0.25, 0.3) is 34.3 Å². The normalized spacial score (nSPS) is 17.9. The molecule has 486 valence electrons. The second kappa shape index (κ2) is 29.0. The summed E-state index contributed by atoms with van der Waals surface area (Å²) in [6, 6.07) is 30.9. The third-order valence-corrected chi connectivity index (χ3v) is 19.3. The Hall–Kier alpha value is -5.53. The van der Waals surface area contributed by atoms with Crippen molar-refractivity contribution in [2.45, 2.75) is 164 Å². The molecule has 0 radical (unpaired) electrons. The molecule has 3 fully saturated rings. The lowest BCUT2D eigenvalue weighted by molar-refractivity contribution is -0.138. The number of halogens is 8. The second-order valence-electron chi connectivity index (χ2n) is 24.6. The van der Waals surface area contributed by atoms with E-state index in [4.69, 9.17) is 27.9 Å². The molecule has 8 aromatic rings. The number of benzene rings is 5. The third-order valence-electron chi connectivity index (χ3n) is 16.6. The van der Waals surface area contributed by atoms with Gasteiger partial charge in [0.25, 0.3) is 0 Å². The molecule has 0 saturated carbocycles. The molecule has 2 aliphatic carbocycles. The van der Waals surface area contributed by atoms with Crippen LogP contribution >= 0.6 is 54.5 Å². The van der Waals surface area contributed by atoms with Gasteiger partial charge in [0.2, 0.25) is 0 Å². The number of anilines is 4. The van der Waals surface area contributed by atoms with Gasteiger partial charge in [0.1, 0.15) is 4.60 Å². The van der Waals surface area contributed by atoms with Crippen molar-refractivity contribution in [2.75, 3.05) is 10.6 Å². The molecule has 91 heavy (non-hydrogen) atoms. The number of nitrogens with zero attached hydrogens (tertiary/aromatic N) is 2. The van der Waals surface area contributed by atoms with Crippen molar-refractivity contribution in [3.8, 4) is 11.3 Å². The predicted octanol–water partition coefficient (Wildman–Crippen LogP) is 20.5. The van der Waals surface area contributed by atoms with Gasteiger partial charge in [-0.3, -0.25) is 0 Å². The van der Waals surface area contributed by atoms with E-state index >= 15 is 0 Å². The Kier molecular flexibility index (Phi) is 23.7. The number of fused-ring (bicyclic) bond motifs is 3. The second-order valence-corrected chi connectivity index (χ2v) is 28.0. The highest BCUT2D eigenvalue weighted by Gasteiger charge is 2.64. The average molecular weight is 1420 g/mol. The van der Waals surface area contributed by atoms with Crippen molar-refractivity contribution in [2.24, 2.45) is 0 Å². The summed E-state index contributed by atoms with van der Waals surface area (Å²) in [5.74, 6) is 0. The summed E-state index contributed by atoms with van der Waals surface area (Å²) in [6.07, 6.45) is 4.04. The lowest BCUT2D eigenvalue weighted by Crippen LogP contribution is -2.41. The van der Waals surface area contributed by atoms with Gasteiger partial charge in [-0.15, -0.1) is 22.7 Å². The van der Waals surface area contributed by atoms with E-state index in [1.165, 1.54) is 57.1 Å². The van der Waals surface area contributed by atoms with Gasteiger partial charge < -0.3 is 43.5 Å². The van der Waals surface area contributed by atoms with Crippen molar-refractivity contribution < 1.29 is 54.3 Å². The molecule has 0 spiro atoms. The molecular formula is C67H80B3Br2F6N5O6S2. The van der Waals surface area contributed by atoms with Gasteiger partial charge in [0.05, 0.1) is 50.4 Å². The highest BCUT2D eigenvalue weighted by molar-refractivity contribution is 9.10. The minimum atomic E-state index is -4.36. The quantitative estimate of drug-likeness (QED) is 0.105. The molecule has 0 amide bonds. The zero-order valence-electron chi connectivity index (χ0n) is 50.8. The molecule has 13 rings (SSSR count). The SMILES string of the molecule is Brc1ccc2c(c1)C=CC2.C.C.C.CC1(C)OB(B2OC(C)(C)C(C)(C)O2)OC1(C)C.CC1(C)OB(c2ccc3c(c2)C=CC3)OC1(C)C.FC(F)(F)c1cccc(Nc2nc(-c3ccc4[nH]ccc4c3)cs2)c1.FC(F)(F)c1cccc(Nc2nc(Br)cs2)c1. The largest absolute Gasteiger partial charge is 0.494 e.